The van der Waals surface area contributed by atoms with Crippen LogP contribution in [0, 0.1) is 11.3 Å². The van der Waals surface area contributed by atoms with Gasteiger partial charge in [-0.25, -0.2) is 8.42 Å². The maximum atomic E-state index is 11.3. The molecule has 0 spiro atoms. The number of benzene rings is 1. The summed E-state index contributed by atoms with van der Waals surface area (Å²) >= 11 is 5.75. The van der Waals surface area contributed by atoms with Crippen molar-refractivity contribution < 1.29 is 18.3 Å². The second-order valence-electron chi connectivity index (χ2n) is 3.45. The van der Waals surface area contributed by atoms with Gasteiger partial charge in [0.15, 0.2) is 21.3 Å². The largest absolute Gasteiger partial charge is 0.503 e. The smallest absolute Gasteiger partial charge is 0.185 e. The zero-order valence-corrected chi connectivity index (χ0v) is 11.2. The summed E-state index contributed by atoms with van der Waals surface area (Å²) in [5.74, 6) is -0.145. The van der Waals surface area contributed by atoms with Crippen LogP contribution in [0.5, 0.6) is 11.5 Å². The first-order valence-corrected chi connectivity index (χ1v) is 6.95. The van der Waals surface area contributed by atoms with Crippen molar-refractivity contribution in [2.24, 2.45) is 0 Å². The molecule has 1 aromatic carbocycles. The Bertz CT molecular complexity index is 644. The van der Waals surface area contributed by atoms with E-state index in [1.807, 2.05) is 0 Å². The van der Waals surface area contributed by atoms with E-state index in [0.29, 0.717) is 5.56 Å². The first kappa shape index (κ1) is 14.4. The van der Waals surface area contributed by atoms with Crippen molar-refractivity contribution in [3.8, 4) is 17.6 Å². The number of nitriles is 1. The van der Waals surface area contributed by atoms with E-state index in [9.17, 15) is 13.5 Å². The van der Waals surface area contributed by atoms with Crippen LogP contribution in [0.3, 0.4) is 0 Å². The molecule has 18 heavy (non-hydrogen) atoms. The number of methoxy groups -OCH3 is 1. The third kappa shape index (κ3) is 3.15. The topological polar surface area (TPSA) is 87.4 Å². The Kier molecular flexibility index (Phi) is 4.22. The molecule has 0 aliphatic rings. The van der Waals surface area contributed by atoms with Crippen LogP contribution in [0.25, 0.3) is 6.08 Å². The molecule has 0 amide bonds. The Labute approximate surface area is 110 Å². The van der Waals surface area contributed by atoms with Crippen LogP contribution in [-0.4, -0.2) is 26.9 Å². The minimum atomic E-state index is -3.60. The molecule has 0 bridgehead atoms. The number of aromatic hydroxyl groups is 1. The maximum Gasteiger partial charge on any atom is 0.185 e. The van der Waals surface area contributed by atoms with E-state index in [1.165, 1.54) is 19.2 Å². The molecule has 1 rings (SSSR count). The number of hydrogen-bond acceptors (Lipinski definition) is 5. The number of sulfone groups is 1. The molecule has 0 radical (unpaired) electrons. The van der Waals surface area contributed by atoms with Crippen LogP contribution in [0.4, 0.5) is 0 Å². The first-order chi connectivity index (χ1) is 8.29. The average Bonchev–Trinajstić information content (AvgIpc) is 2.28. The normalized spacial score (nSPS) is 12.0. The molecular formula is C11H10ClNO4S. The molecule has 96 valence electrons. The highest BCUT2D eigenvalue weighted by molar-refractivity contribution is 7.95. The molecule has 0 heterocycles. The Morgan fingerprint density at radius 2 is 2.17 bits per heavy atom. The van der Waals surface area contributed by atoms with Gasteiger partial charge in [0.2, 0.25) is 0 Å². The van der Waals surface area contributed by atoms with Gasteiger partial charge in [0, 0.05) is 6.26 Å². The summed E-state index contributed by atoms with van der Waals surface area (Å²) in [7, 11) is -2.27. The van der Waals surface area contributed by atoms with E-state index in [4.69, 9.17) is 21.6 Å². The summed E-state index contributed by atoms with van der Waals surface area (Å²) in [5, 5.41) is 18.3. The highest BCUT2D eigenvalue weighted by atomic mass is 35.5. The van der Waals surface area contributed by atoms with Gasteiger partial charge >= 0.3 is 0 Å². The van der Waals surface area contributed by atoms with Crippen LogP contribution in [-0.2, 0) is 9.84 Å². The van der Waals surface area contributed by atoms with Gasteiger partial charge in [0.05, 0.1) is 12.1 Å². The Hall–Kier alpha value is -1.71. The highest BCUT2D eigenvalue weighted by Gasteiger charge is 2.13. The van der Waals surface area contributed by atoms with Crippen molar-refractivity contribution in [3.05, 3.63) is 27.6 Å². The molecule has 5 nitrogen and oxygen atoms in total. The molecule has 0 atom stereocenters. The second kappa shape index (κ2) is 5.29. The lowest BCUT2D eigenvalue weighted by Crippen LogP contribution is -1.98. The highest BCUT2D eigenvalue weighted by Crippen LogP contribution is 2.35. The van der Waals surface area contributed by atoms with Crippen molar-refractivity contribution in [3.63, 3.8) is 0 Å². The van der Waals surface area contributed by atoms with Crippen LogP contribution >= 0.6 is 11.6 Å². The van der Waals surface area contributed by atoms with Crippen LogP contribution in [0.1, 0.15) is 5.56 Å². The van der Waals surface area contributed by atoms with E-state index >= 15 is 0 Å². The summed E-state index contributed by atoms with van der Waals surface area (Å²) in [4.78, 5) is -0.397. The van der Waals surface area contributed by atoms with E-state index < -0.39 is 14.7 Å². The molecule has 0 unspecified atom stereocenters. The van der Waals surface area contributed by atoms with E-state index in [-0.39, 0.29) is 16.5 Å². The molecule has 0 aromatic heterocycles. The quantitative estimate of drug-likeness (QED) is 0.859. The molecule has 0 aliphatic heterocycles. The van der Waals surface area contributed by atoms with Gasteiger partial charge in [0.1, 0.15) is 11.0 Å². The van der Waals surface area contributed by atoms with Crippen molar-refractivity contribution in [2.45, 2.75) is 0 Å². The van der Waals surface area contributed by atoms with Crippen LogP contribution in [0.15, 0.2) is 17.0 Å². The molecule has 7 heteroatoms. The van der Waals surface area contributed by atoms with Crippen molar-refractivity contribution >= 4 is 27.5 Å². The van der Waals surface area contributed by atoms with E-state index in [0.717, 1.165) is 12.3 Å². The number of hydrogen-bond donors (Lipinski definition) is 1. The third-order valence-corrected chi connectivity index (χ3v) is 3.37. The minimum absolute atomic E-state index is 0.00592. The SMILES string of the molecule is COc1cc(/C=C(/C#N)S(C)(=O)=O)cc(Cl)c1O. The fraction of sp³-hybridized carbons (Fsp3) is 0.182. The van der Waals surface area contributed by atoms with E-state index in [1.54, 1.807) is 6.07 Å². The molecule has 0 aliphatic carbocycles. The third-order valence-electron chi connectivity index (χ3n) is 2.08. The lowest BCUT2D eigenvalue weighted by atomic mass is 10.2. The Balaban J connectivity index is 3.41. The van der Waals surface area contributed by atoms with Gasteiger partial charge in [-0.2, -0.15) is 5.26 Å². The number of rotatable bonds is 3. The van der Waals surface area contributed by atoms with Crippen molar-refractivity contribution in [1.29, 1.82) is 5.26 Å². The van der Waals surface area contributed by atoms with Gasteiger partial charge < -0.3 is 9.84 Å². The lowest BCUT2D eigenvalue weighted by molar-refractivity contribution is 0.373. The zero-order valence-electron chi connectivity index (χ0n) is 9.64. The van der Waals surface area contributed by atoms with Gasteiger partial charge in [0.25, 0.3) is 0 Å². The predicted molar refractivity (Wildman–Crippen MR) is 68.1 cm³/mol. The summed E-state index contributed by atoms with van der Waals surface area (Å²) in [5.41, 5.74) is 0.344. The van der Waals surface area contributed by atoms with Gasteiger partial charge in [-0.15, -0.1) is 0 Å². The minimum Gasteiger partial charge on any atom is -0.503 e. The summed E-state index contributed by atoms with van der Waals surface area (Å²) in [6.07, 6.45) is 2.09. The fourth-order valence-electron chi connectivity index (χ4n) is 1.21. The standard InChI is InChI=1S/C11H10ClNO4S/c1-17-10-5-7(4-9(12)11(10)14)3-8(6-13)18(2,15)16/h3-5,14H,1-2H3/b8-3-. The number of halogens is 1. The van der Waals surface area contributed by atoms with Crippen molar-refractivity contribution in [1.82, 2.24) is 0 Å². The number of allylic oxidation sites excluding steroid dienone is 1. The number of phenolic OH excluding ortho intramolecular Hbond substituents is 1. The number of ether oxygens (including phenoxy) is 1. The number of nitrogens with zero attached hydrogens (tertiary/aromatic N) is 1. The Morgan fingerprint density at radius 3 is 2.61 bits per heavy atom. The monoisotopic (exact) mass is 287 g/mol. The maximum absolute atomic E-state index is 11.3. The van der Waals surface area contributed by atoms with Gasteiger partial charge in [-0.3, -0.25) is 0 Å². The Morgan fingerprint density at radius 1 is 1.56 bits per heavy atom. The molecule has 0 fully saturated rings. The van der Waals surface area contributed by atoms with E-state index in [2.05, 4.69) is 0 Å². The van der Waals surface area contributed by atoms with Gasteiger partial charge in [-0.05, 0) is 23.8 Å². The first-order valence-electron chi connectivity index (χ1n) is 4.68. The molecule has 1 N–H and O–H groups in total. The summed E-state index contributed by atoms with van der Waals surface area (Å²) < 4.78 is 27.4. The van der Waals surface area contributed by atoms with Gasteiger partial charge in [-0.1, -0.05) is 11.6 Å². The lowest BCUT2D eigenvalue weighted by Gasteiger charge is -2.06. The summed E-state index contributed by atoms with van der Waals surface area (Å²) in [6, 6.07) is 4.30. The second-order valence-corrected chi connectivity index (χ2v) is 5.84. The fourth-order valence-corrected chi connectivity index (χ4v) is 1.94. The predicted octanol–water partition coefficient (Wildman–Crippen LogP) is 1.96. The van der Waals surface area contributed by atoms with Crippen LogP contribution < -0.4 is 4.74 Å². The van der Waals surface area contributed by atoms with Crippen molar-refractivity contribution in [2.75, 3.05) is 13.4 Å². The zero-order chi connectivity index (χ0) is 13.9. The molecule has 0 saturated carbocycles. The molecule has 1 aromatic rings. The molecule has 0 saturated heterocycles. The average molecular weight is 288 g/mol. The van der Waals surface area contributed by atoms with Crippen LogP contribution in [0.2, 0.25) is 5.02 Å². The molecular weight excluding hydrogens is 278 g/mol. The summed E-state index contributed by atoms with van der Waals surface area (Å²) in [6.45, 7) is 0. The number of phenols is 1.